The lowest BCUT2D eigenvalue weighted by atomic mass is 9.90. The summed E-state index contributed by atoms with van der Waals surface area (Å²) in [4.78, 5) is 11.1. The number of nitrogens with two attached hydrogens (primary N) is 1. The molecule has 0 unspecified atom stereocenters. The zero-order chi connectivity index (χ0) is 11.4. The van der Waals surface area contributed by atoms with Gasteiger partial charge in [0.15, 0.2) is 0 Å². The summed E-state index contributed by atoms with van der Waals surface area (Å²) < 4.78 is 0. The molecule has 82 valence electrons. The molecule has 3 nitrogen and oxygen atoms in total. The van der Waals surface area contributed by atoms with Gasteiger partial charge in [-0.05, 0) is 46.6 Å². The second kappa shape index (κ2) is 4.60. The van der Waals surface area contributed by atoms with E-state index in [0.717, 1.165) is 12.8 Å². The predicted molar refractivity (Wildman–Crippen MR) is 59.9 cm³/mol. The molecule has 0 fully saturated rings. The van der Waals surface area contributed by atoms with E-state index in [4.69, 9.17) is 5.73 Å². The molecular formula is C11H22N2O. The molecule has 0 aromatic carbocycles. The van der Waals surface area contributed by atoms with E-state index in [9.17, 15) is 4.79 Å². The second-order valence-corrected chi connectivity index (χ2v) is 5.07. The molecule has 0 aromatic heterocycles. The highest BCUT2D eigenvalue weighted by Gasteiger charge is 2.22. The quantitative estimate of drug-likeness (QED) is 0.659. The zero-order valence-electron chi connectivity index (χ0n) is 9.68. The summed E-state index contributed by atoms with van der Waals surface area (Å²) >= 11 is 0. The molecule has 0 bridgehead atoms. The summed E-state index contributed by atoms with van der Waals surface area (Å²) in [6, 6.07) is 0. The van der Waals surface area contributed by atoms with Crippen molar-refractivity contribution in [2.24, 2.45) is 5.73 Å². The van der Waals surface area contributed by atoms with Crippen LogP contribution in [0.15, 0.2) is 12.7 Å². The summed E-state index contributed by atoms with van der Waals surface area (Å²) in [6.07, 6.45) is 3.02. The molecule has 0 saturated carbocycles. The van der Waals surface area contributed by atoms with Crippen molar-refractivity contribution in [3.05, 3.63) is 12.7 Å². The van der Waals surface area contributed by atoms with Crippen molar-refractivity contribution in [1.82, 2.24) is 5.32 Å². The Labute approximate surface area is 86.8 Å². The molecule has 1 amide bonds. The highest BCUT2D eigenvalue weighted by Crippen LogP contribution is 2.17. The van der Waals surface area contributed by atoms with E-state index in [1.165, 1.54) is 6.08 Å². The van der Waals surface area contributed by atoms with Gasteiger partial charge in [-0.2, -0.15) is 0 Å². The maximum atomic E-state index is 11.1. The normalized spacial score (nSPS) is 12.4. The molecule has 3 N–H and O–H groups in total. The number of amides is 1. The summed E-state index contributed by atoms with van der Waals surface area (Å²) in [5.74, 6) is -0.134. The molecule has 3 heteroatoms. The SMILES string of the molecule is C=CC(=O)NC(C)(C)CCC(C)(C)N. The van der Waals surface area contributed by atoms with Crippen molar-refractivity contribution in [2.45, 2.75) is 51.6 Å². The maximum Gasteiger partial charge on any atom is 0.243 e. The minimum Gasteiger partial charge on any atom is -0.348 e. The Balaban J connectivity index is 4.07. The Morgan fingerprint density at radius 1 is 1.36 bits per heavy atom. The largest absolute Gasteiger partial charge is 0.348 e. The van der Waals surface area contributed by atoms with Gasteiger partial charge in [0, 0.05) is 11.1 Å². The molecule has 0 aliphatic rings. The maximum absolute atomic E-state index is 11.1. The van der Waals surface area contributed by atoms with Crippen molar-refractivity contribution in [1.29, 1.82) is 0 Å². The van der Waals surface area contributed by atoms with E-state index < -0.39 is 0 Å². The van der Waals surface area contributed by atoms with Gasteiger partial charge in [0.2, 0.25) is 5.91 Å². The van der Waals surface area contributed by atoms with Crippen LogP contribution in [0.25, 0.3) is 0 Å². The van der Waals surface area contributed by atoms with Crippen molar-refractivity contribution >= 4 is 5.91 Å². The van der Waals surface area contributed by atoms with E-state index in [-0.39, 0.29) is 17.0 Å². The fraction of sp³-hybridized carbons (Fsp3) is 0.727. The van der Waals surface area contributed by atoms with Gasteiger partial charge >= 0.3 is 0 Å². The molecule has 0 rings (SSSR count). The first kappa shape index (κ1) is 13.2. The van der Waals surface area contributed by atoms with Crippen molar-refractivity contribution in [3.8, 4) is 0 Å². The standard InChI is InChI=1S/C11H22N2O/c1-6-9(14)13-11(4,5)8-7-10(2,3)12/h6H,1,7-8,12H2,2-5H3,(H,13,14). The average molecular weight is 198 g/mol. The summed E-state index contributed by atoms with van der Waals surface area (Å²) in [5, 5.41) is 2.87. The Bertz CT molecular complexity index is 214. The van der Waals surface area contributed by atoms with Gasteiger partial charge < -0.3 is 11.1 Å². The van der Waals surface area contributed by atoms with Crippen LogP contribution in [0.4, 0.5) is 0 Å². The third-order valence-electron chi connectivity index (χ3n) is 2.04. The highest BCUT2D eigenvalue weighted by molar-refractivity contribution is 5.87. The molecule has 0 heterocycles. The van der Waals surface area contributed by atoms with Gasteiger partial charge in [-0.1, -0.05) is 6.58 Å². The van der Waals surface area contributed by atoms with Gasteiger partial charge in [-0.15, -0.1) is 0 Å². The van der Waals surface area contributed by atoms with Crippen molar-refractivity contribution < 1.29 is 4.79 Å². The first-order valence-electron chi connectivity index (χ1n) is 4.90. The number of hydrogen-bond donors (Lipinski definition) is 2. The Morgan fingerprint density at radius 2 is 1.86 bits per heavy atom. The Morgan fingerprint density at radius 3 is 2.21 bits per heavy atom. The van der Waals surface area contributed by atoms with Gasteiger partial charge in [0.25, 0.3) is 0 Å². The average Bonchev–Trinajstić information content (AvgIpc) is 1.99. The predicted octanol–water partition coefficient (Wildman–Crippen LogP) is 1.58. The fourth-order valence-corrected chi connectivity index (χ4v) is 1.08. The number of nitrogens with one attached hydrogen (secondary N) is 1. The van der Waals surface area contributed by atoms with E-state index in [0.29, 0.717) is 0 Å². The molecule has 0 saturated heterocycles. The van der Waals surface area contributed by atoms with Crippen LogP contribution in [-0.2, 0) is 4.79 Å². The van der Waals surface area contributed by atoms with Crippen LogP contribution in [0.2, 0.25) is 0 Å². The van der Waals surface area contributed by atoms with Crippen LogP contribution in [0.1, 0.15) is 40.5 Å². The summed E-state index contributed by atoms with van der Waals surface area (Å²) in [5.41, 5.74) is 5.47. The van der Waals surface area contributed by atoms with Crippen LogP contribution < -0.4 is 11.1 Å². The van der Waals surface area contributed by atoms with Crippen LogP contribution in [-0.4, -0.2) is 17.0 Å². The van der Waals surface area contributed by atoms with Crippen LogP contribution >= 0.6 is 0 Å². The molecule has 0 atom stereocenters. The lowest BCUT2D eigenvalue weighted by molar-refractivity contribution is -0.118. The van der Waals surface area contributed by atoms with Crippen LogP contribution in [0.5, 0.6) is 0 Å². The van der Waals surface area contributed by atoms with Gasteiger partial charge in [0.1, 0.15) is 0 Å². The number of carbonyl (C=O) groups is 1. The number of carbonyl (C=O) groups excluding carboxylic acids is 1. The summed E-state index contributed by atoms with van der Waals surface area (Å²) in [7, 11) is 0. The van der Waals surface area contributed by atoms with Crippen molar-refractivity contribution in [3.63, 3.8) is 0 Å². The Kier molecular flexibility index (Phi) is 4.33. The van der Waals surface area contributed by atoms with Crippen LogP contribution in [0.3, 0.4) is 0 Å². The molecule has 0 aromatic rings. The molecule has 0 aliphatic heterocycles. The monoisotopic (exact) mass is 198 g/mol. The molecular weight excluding hydrogens is 176 g/mol. The van der Waals surface area contributed by atoms with E-state index in [1.54, 1.807) is 0 Å². The minimum atomic E-state index is -0.220. The highest BCUT2D eigenvalue weighted by atomic mass is 16.1. The molecule has 0 aliphatic carbocycles. The molecule has 0 spiro atoms. The first-order chi connectivity index (χ1) is 6.16. The van der Waals surface area contributed by atoms with E-state index in [2.05, 4.69) is 11.9 Å². The Hall–Kier alpha value is -0.830. The molecule has 14 heavy (non-hydrogen) atoms. The van der Waals surface area contributed by atoms with Gasteiger partial charge in [0.05, 0.1) is 0 Å². The van der Waals surface area contributed by atoms with E-state index in [1.807, 2.05) is 27.7 Å². The van der Waals surface area contributed by atoms with Crippen molar-refractivity contribution in [2.75, 3.05) is 0 Å². The summed E-state index contributed by atoms with van der Waals surface area (Å²) in [6.45, 7) is 11.4. The first-order valence-corrected chi connectivity index (χ1v) is 4.90. The third-order valence-corrected chi connectivity index (χ3v) is 2.04. The van der Waals surface area contributed by atoms with Crippen LogP contribution in [0, 0.1) is 0 Å². The zero-order valence-corrected chi connectivity index (χ0v) is 9.68. The molecule has 0 radical (unpaired) electrons. The lowest BCUT2D eigenvalue weighted by Gasteiger charge is -2.29. The minimum absolute atomic E-state index is 0.134. The van der Waals surface area contributed by atoms with Gasteiger partial charge in [-0.3, -0.25) is 4.79 Å². The number of hydrogen-bond acceptors (Lipinski definition) is 2. The number of rotatable bonds is 5. The smallest absolute Gasteiger partial charge is 0.243 e. The third kappa shape index (κ3) is 6.66. The fourth-order valence-electron chi connectivity index (χ4n) is 1.08. The lowest BCUT2D eigenvalue weighted by Crippen LogP contribution is -2.45. The van der Waals surface area contributed by atoms with E-state index >= 15 is 0 Å². The second-order valence-electron chi connectivity index (χ2n) is 5.07. The van der Waals surface area contributed by atoms with Gasteiger partial charge in [-0.25, -0.2) is 0 Å². The topological polar surface area (TPSA) is 55.1 Å².